The minimum atomic E-state index is -0.209. The molecule has 0 N–H and O–H groups in total. The Bertz CT molecular complexity index is 159. The molecule has 72 valence electrons. The number of hydrogen-bond acceptors (Lipinski definition) is 2. The third kappa shape index (κ3) is 1.68. The summed E-state index contributed by atoms with van der Waals surface area (Å²) in [7, 11) is 0. The van der Waals surface area contributed by atoms with Crippen LogP contribution in [0.5, 0.6) is 0 Å². The van der Waals surface area contributed by atoms with Crippen molar-refractivity contribution in [2.24, 2.45) is 0 Å². The summed E-state index contributed by atoms with van der Waals surface area (Å²) < 4.78 is 11.5. The quantitative estimate of drug-likeness (QED) is 0.653. The first-order valence-electron chi connectivity index (χ1n) is 4.26. The molecular formula is C9H17BrO2. The van der Waals surface area contributed by atoms with Crippen LogP contribution in [0.4, 0.5) is 0 Å². The number of alkyl halides is 1. The molecule has 0 aromatic rings. The summed E-state index contributed by atoms with van der Waals surface area (Å²) in [5.41, 5.74) is -0.417. The molecule has 0 bridgehead atoms. The van der Waals surface area contributed by atoms with Crippen LogP contribution in [0.1, 0.15) is 34.6 Å². The van der Waals surface area contributed by atoms with Crippen molar-refractivity contribution in [1.29, 1.82) is 0 Å². The standard InChI is InChI=1S/C9H17BrO2/c1-6(10)7-11-8(2,3)9(4,5)12-7/h6-7H,1-5H3. The molecule has 1 rings (SSSR count). The van der Waals surface area contributed by atoms with Gasteiger partial charge in [0.15, 0.2) is 6.29 Å². The summed E-state index contributed by atoms with van der Waals surface area (Å²) in [4.78, 5) is 0.235. The van der Waals surface area contributed by atoms with Gasteiger partial charge in [0.2, 0.25) is 0 Å². The molecule has 1 unspecified atom stereocenters. The predicted molar refractivity (Wildman–Crippen MR) is 52.5 cm³/mol. The minimum Gasteiger partial charge on any atom is -0.343 e. The van der Waals surface area contributed by atoms with Crippen LogP contribution in [0.2, 0.25) is 0 Å². The molecule has 0 aromatic carbocycles. The molecular weight excluding hydrogens is 220 g/mol. The Morgan fingerprint density at radius 1 is 1.08 bits per heavy atom. The Hall–Kier alpha value is 0.400. The van der Waals surface area contributed by atoms with Crippen molar-refractivity contribution >= 4 is 15.9 Å². The monoisotopic (exact) mass is 236 g/mol. The molecule has 0 amide bonds. The first kappa shape index (κ1) is 10.5. The molecule has 1 heterocycles. The van der Waals surface area contributed by atoms with Crippen LogP contribution >= 0.6 is 15.9 Å². The van der Waals surface area contributed by atoms with Crippen LogP contribution in [0, 0.1) is 0 Å². The maximum absolute atomic E-state index is 5.76. The van der Waals surface area contributed by atoms with E-state index in [1.807, 2.05) is 6.92 Å². The Morgan fingerprint density at radius 2 is 1.42 bits per heavy atom. The summed E-state index contributed by atoms with van der Waals surface area (Å²) in [6.07, 6.45) is -0.130. The number of ether oxygens (including phenoxy) is 2. The van der Waals surface area contributed by atoms with Gasteiger partial charge in [0.1, 0.15) is 0 Å². The molecule has 1 aliphatic rings. The van der Waals surface area contributed by atoms with Gasteiger partial charge < -0.3 is 9.47 Å². The second kappa shape index (κ2) is 2.96. The van der Waals surface area contributed by atoms with Crippen LogP contribution in [-0.2, 0) is 9.47 Å². The predicted octanol–water partition coefficient (Wildman–Crippen LogP) is 2.70. The Balaban J connectivity index is 2.74. The second-order valence-corrected chi connectivity index (χ2v) is 5.75. The highest BCUT2D eigenvalue weighted by Gasteiger charge is 2.50. The molecule has 2 nitrogen and oxygen atoms in total. The van der Waals surface area contributed by atoms with Crippen LogP contribution in [0.3, 0.4) is 0 Å². The van der Waals surface area contributed by atoms with Gasteiger partial charge in [-0.05, 0) is 34.6 Å². The van der Waals surface area contributed by atoms with E-state index in [1.165, 1.54) is 0 Å². The summed E-state index contributed by atoms with van der Waals surface area (Å²) in [5, 5.41) is 0. The topological polar surface area (TPSA) is 18.5 Å². The van der Waals surface area contributed by atoms with E-state index in [2.05, 4.69) is 43.6 Å². The highest BCUT2D eigenvalue weighted by molar-refractivity contribution is 9.09. The average Bonchev–Trinajstić information content (AvgIpc) is 2.03. The van der Waals surface area contributed by atoms with E-state index in [1.54, 1.807) is 0 Å². The van der Waals surface area contributed by atoms with E-state index in [4.69, 9.17) is 9.47 Å². The smallest absolute Gasteiger partial charge is 0.171 e. The fourth-order valence-electron chi connectivity index (χ4n) is 1.08. The maximum atomic E-state index is 5.76. The number of halogens is 1. The van der Waals surface area contributed by atoms with E-state index in [9.17, 15) is 0 Å². The highest BCUT2D eigenvalue weighted by Crippen LogP contribution is 2.40. The molecule has 12 heavy (non-hydrogen) atoms. The lowest BCUT2D eigenvalue weighted by Crippen LogP contribution is -2.41. The molecule has 1 saturated heterocycles. The van der Waals surface area contributed by atoms with Gasteiger partial charge in [-0.15, -0.1) is 0 Å². The van der Waals surface area contributed by atoms with E-state index in [0.29, 0.717) is 0 Å². The van der Waals surface area contributed by atoms with Gasteiger partial charge in [-0.25, -0.2) is 0 Å². The molecule has 0 aliphatic carbocycles. The third-order valence-corrected chi connectivity index (χ3v) is 3.08. The minimum absolute atomic E-state index is 0.130. The molecule has 1 fully saturated rings. The molecule has 3 heteroatoms. The highest BCUT2D eigenvalue weighted by atomic mass is 79.9. The zero-order valence-corrected chi connectivity index (χ0v) is 9.94. The first-order chi connectivity index (χ1) is 5.26. The average molecular weight is 237 g/mol. The Kier molecular flexibility index (Phi) is 2.59. The van der Waals surface area contributed by atoms with Crippen LogP contribution in [0.25, 0.3) is 0 Å². The van der Waals surface area contributed by atoms with Gasteiger partial charge in [-0.3, -0.25) is 0 Å². The Labute approximate surface area is 82.7 Å². The molecule has 0 radical (unpaired) electrons. The normalized spacial score (nSPS) is 30.5. The second-order valence-electron chi connectivity index (χ2n) is 4.30. The van der Waals surface area contributed by atoms with Crippen molar-refractivity contribution in [1.82, 2.24) is 0 Å². The van der Waals surface area contributed by atoms with Crippen LogP contribution < -0.4 is 0 Å². The largest absolute Gasteiger partial charge is 0.343 e. The fourth-order valence-corrected chi connectivity index (χ4v) is 1.29. The first-order valence-corrected chi connectivity index (χ1v) is 5.17. The van der Waals surface area contributed by atoms with Crippen molar-refractivity contribution < 1.29 is 9.47 Å². The van der Waals surface area contributed by atoms with Crippen LogP contribution in [0.15, 0.2) is 0 Å². The molecule has 1 aliphatic heterocycles. The van der Waals surface area contributed by atoms with Crippen molar-refractivity contribution in [3.8, 4) is 0 Å². The number of hydrogen-bond donors (Lipinski definition) is 0. The summed E-state index contributed by atoms with van der Waals surface area (Å²) in [6.45, 7) is 10.3. The molecule has 1 atom stereocenters. The SMILES string of the molecule is CC(Br)C1OC(C)(C)C(C)(C)O1. The van der Waals surface area contributed by atoms with E-state index < -0.39 is 0 Å². The third-order valence-electron chi connectivity index (χ3n) is 2.65. The lowest BCUT2D eigenvalue weighted by molar-refractivity contribution is -0.0820. The van der Waals surface area contributed by atoms with Gasteiger partial charge in [0.05, 0.1) is 16.0 Å². The summed E-state index contributed by atoms with van der Waals surface area (Å²) in [5.74, 6) is 0. The zero-order chi connectivity index (χ0) is 9.57. The summed E-state index contributed by atoms with van der Waals surface area (Å²) >= 11 is 3.45. The Morgan fingerprint density at radius 3 is 1.58 bits per heavy atom. The lowest BCUT2D eigenvalue weighted by atomic mass is 9.90. The van der Waals surface area contributed by atoms with Crippen LogP contribution in [-0.4, -0.2) is 22.3 Å². The summed E-state index contributed by atoms with van der Waals surface area (Å²) in [6, 6.07) is 0. The van der Waals surface area contributed by atoms with Crippen molar-refractivity contribution in [3.05, 3.63) is 0 Å². The maximum Gasteiger partial charge on any atom is 0.171 e. The van der Waals surface area contributed by atoms with Crippen molar-refractivity contribution in [2.45, 2.75) is 56.9 Å². The van der Waals surface area contributed by atoms with Gasteiger partial charge in [0, 0.05) is 0 Å². The van der Waals surface area contributed by atoms with Gasteiger partial charge in [0.25, 0.3) is 0 Å². The molecule has 0 aromatic heterocycles. The van der Waals surface area contributed by atoms with Crippen molar-refractivity contribution in [3.63, 3.8) is 0 Å². The number of rotatable bonds is 1. The van der Waals surface area contributed by atoms with E-state index in [0.717, 1.165) is 0 Å². The van der Waals surface area contributed by atoms with Gasteiger partial charge in [-0.2, -0.15) is 0 Å². The van der Waals surface area contributed by atoms with Gasteiger partial charge >= 0.3 is 0 Å². The molecule has 0 saturated carbocycles. The molecule has 0 spiro atoms. The van der Waals surface area contributed by atoms with Crippen molar-refractivity contribution in [2.75, 3.05) is 0 Å². The fraction of sp³-hybridized carbons (Fsp3) is 1.00. The van der Waals surface area contributed by atoms with E-state index >= 15 is 0 Å². The lowest BCUT2D eigenvalue weighted by Gasteiger charge is -2.30. The van der Waals surface area contributed by atoms with Gasteiger partial charge in [-0.1, -0.05) is 15.9 Å². The zero-order valence-electron chi connectivity index (χ0n) is 8.35. The van der Waals surface area contributed by atoms with E-state index in [-0.39, 0.29) is 22.3 Å².